The van der Waals surface area contributed by atoms with Crippen molar-refractivity contribution < 1.29 is 14.9 Å². The Kier molecular flexibility index (Phi) is 6.01. The Bertz CT molecular complexity index is 1590. The molecule has 7 heteroatoms. The van der Waals surface area contributed by atoms with E-state index in [0.29, 0.717) is 17.1 Å². The van der Waals surface area contributed by atoms with Crippen LogP contribution >= 0.6 is 0 Å². The number of benzene rings is 3. The van der Waals surface area contributed by atoms with Crippen molar-refractivity contribution in [2.24, 2.45) is 5.92 Å². The lowest BCUT2D eigenvalue weighted by molar-refractivity contribution is -0.543. The lowest BCUT2D eigenvalue weighted by Crippen LogP contribution is -2.65. The summed E-state index contributed by atoms with van der Waals surface area (Å²) in [5.41, 5.74) is 4.61. The summed E-state index contributed by atoms with van der Waals surface area (Å²) in [4.78, 5) is 15.9. The lowest BCUT2D eigenvalue weighted by atomic mass is 9.64. The van der Waals surface area contributed by atoms with E-state index in [9.17, 15) is 15.0 Å². The van der Waals surface area contributed by atoms with E-state index in [-0.39, 0.29) is 16.5 Å². The standard InChI is InChI=1S/C32H31N3O4/c1-32(2)23-12-8-9-13-24(23)34(3)25(32)18-22-29(36)27(30(22)37)26-28(19-10-6-5-7-11-19)33-35(31(26)38)20-14-16-21(39-4)17-15-20/h5-18,22,27,29-30,33H,1-4H3/q-2/b25-18+. The average molecular weight is 522 g/mol. The molecule has 39 heavy (non-hydrogen) atoms. The minimum atomic E-state index is -1.23. The minimum absolute atomic E-state index is 0.258. The molecule has 200 valence electrons. The molecule has 0 radical (unpaired) electrons. The third-order valence-electron chi connectivity index (χ3n) is 8.41. The van der Waals surface area contributed by atoms with Gasteiger partial charge in [0.05, 0.1) is 18.5 Å². The SMILES string of the molecule is COc1ccc(-n2[nH]c(-c3ccccc3)c(C3C([O-])C(/C=C4/N(C)c5ccccc5C4(C)C)C3[O-])c2=O)cc1. The van der Waals surface area contributed by atoms with Gasteiger partial charge in [0.25, 0.3) is 5.56 Å². The molecule has 2 atom stereocenters. The number of hydrogen-bond donors (Lipinski definition) is 1. The zero-order chi connectivity index (χ0) is 27.5. The Morgan fingerprint density at radius 3 is 2.21 bits per heavy atom. The number of hydrogen-bond acceptors (Lipinski definition) is 5. The second-order valence-electron chi connectivity index (χ2n) is 10.9. The third kappa shape index (κ3) is 3.84. The second kappa shape index (κ2) is 9.29. The number of aromatic amines is 1. The molecule has 0 saturated heterocycles. The number of methoxy groups -OCH3 is 1. The summed E-state index contributed by atoms with van der Waals surface area (Å²) in [5, 5.41) is 30.7. The van der Waals surface area contributed by atoms with Crippen molar-refractivity contribution in [2.45, 2.75) is 37.4 Å². The normalized spacial score (nSPS) is 24.5. The van der Waals surface area contributed by atoms with Crippen LogP contribution in [0.1, 0.15) is 30.9 Å². The van der Waals surface area contributed by atoms with Gasteiger partial charge in [-0.05, 0) is 53.3 Å². The van der Waals surface area contributed by atoms with Gasteiger partial charge >= 0.3 is 0 Å². The predicted octanol–water partition coefficient (Wildman–Crippen LogP) is 3.32. The number of anilines is 1. The molecule has 0 bridgehead atoms. The van der Waals surface area contributed by atoms with Crippen LogP contribution in [0.5, 0.6) is 5.75 Å². The fraction of sp³-hybridized carbons (Fsp3) is 0.281. The highest BCUT2D eigenvalue weighted by atomic mass is 16.5. The van der Waals surface area contributed by atoms with Gasteiger partial charge in [-0.25, -0.2) is 4.68 Å². The van der Waals surface area contributed by atoms with Crippen LogP contribution in [0.25, 0.3) is 16.9 Å². The maximum absolute atomic E-state index is 13.8. The highest BCUT2D eigenvalue weighted by molar-refractivity contribution is 5.70. The molecule has 1 N–H and O–H groups in total. The first kappa shape index (κ1) is 25.2. The fourth-order valence-electron chi connectivity index (χ4n) is 6.21. The largest absolute Gasteiger partial charge is 0.851 e. The highest BCUT2D eigenvalue weighted by Gasteiger charge is 2.44. The van der Waals surface area contributed by atoms with Crippen LogP contribution in [0.2, 0.25) is 0 Å². The van der Waals surface area contributed by atoms with E-state index >= 15 is 0 Å². The van der Waals surface area contributed by atoms with Crippen molar-refractivity contribution in [2.75, 3.05) is 19.1 Å². The van der Waals surface area contributed by atoms with Crippen molar-refractivity contribution in [3.05, 3.63) is 112 Å². The highest BCUT2D eigenvalue weighted by Crippen LogP contribution is 2.49. The van der Waals surface area contributed by atoms with E-state index in [1.54, 1.807) is 31.4 Å². The number of ether oxygens (including phenoxy) is 1. The molecule has 3 aromatic carbocycles. The van der Waals surface area contributed by atoms with Crippen molar-refractivity contribution in [1.29, 1.82) is 0 Å². The van der Waals surface area contributed by atoms with Gasteiger partial charge in [-0.3, -0.25) is 9.89 Å². The first-order valence-electron chi connectivity index (χ1n) is 13.2. The van der Waals surface area contributed by atoms with Crippen LogP contribution in [0.15, 0.2) is 95.4 Å². The number of allylic oxidation sites excluding steroid dienone is 1. The fourth-order valence-corrected chi connectivity index (χ4v) is 6.21. The number of rotatable bonds is 5. The molecule has 1 aliphatic heterocycles. The van der Waals surface area contributed by atoms with Crippen LogP contribution in [-0.2, 0) is 5.41 Å². The summed E-state index contributed by atoms with van der Waals surface area (Å²) in [6.45, 7) is 4.23. The first-order chi connectivity index (χ1) is 18.7. The quantitative estimate of drug-likeness (QED) is 0.435. The van der Waals surface area contributed by atoms with Gasteiger partial charge in [0.2, 0.25) is 0 Å². The van der Waals surface area contributed by atoms with Gasteiger partial charge in [-0.1, -0.05) is 68.5 Å². The van der Waals surface area contributed by atoms with E-state index < -0.39 is 24.0 Å². The Morgan fingerprint density at radius 1 is 0.923 bits per heavy atom. The number of aromatic nitrogens is 2. The van der Waals surface area contributed by atoms with Crippen LogP contribution in [-0.4, -0.2) is 36.1 Å². The molecular weight excluding hydrogens is 490 g/mol. The van der Waals surface area contributed by atoms with Crippen LogP contribution < -0.4 is 25.4 Å². The first-order valence-corrected chi connectivity index (χ1v) is 13.2. The second-order valence-corrected chi connectivity index (χ2v) is 10.9. The van der Waals surface area contributed by atoms with Crippen molar-refractivity contribution in [1.82, 2.24) is 9.78 Å². The summed E-state index contributed by atoms with van der Waals surface area (Å²) in [7, 11) is 3.55. The maximum Gasteiger partial charge on any atom is 0.275 e. The molecule has 2 aliphatic rings. The summed E-state index contributed by atoms with van der Waals surface area (Å²) >= 11 is 0. The molecular formula is C32H31N3O4-2. The summed E-state index contributed by atoms with van der Waals surface area (Å²) in [6.07, 6.45) is -0.603. The average Bonchev–Trinajstić information content (AvgIpc) is 3.38. The Labute approximate surface area is 227 Å². The van der Waals surface area contributed by atoms with Crippen molar-refractivity contribution in [3.8, 4) is 22.7 Å². The van der Waals surface area contributed by atoms with E-state index in [4.69, 9.17) is 4.74 Å². The molecule has 1 saturated carbocycles. The van der Waals surface area contributed by atoms with Crippen LogP contribution in [0, 0.1) is 5.92 Å². The van der Waals surface area contributed by atoms with Crippen LogP contribution in [0.3, 0.4) is 0 Å². The smallest absolute Gasteiger partial charge is 0.275 e. The van der Waals surface area contributed by atoms with Crippen LogP contribution in [0.4, 0.5) is 5.69 Å². The minimum Gasteiger partial charge on any atom is -0.851 e. The number of fused-ring (bicyclic) bond motifs is 1. The van der Waals surface area contributed by atoms with E-state index in [0.717, 1.165) is 16.9 Å². The van der Waals surface area contributed by atoms with Gasteiger partial charge in [0.15, 0.2) is 0 Å². The van der Waals surface area contributed by atoms with Gasteiger partial charge in [-0.15, -0.1) is 12.2 Å². The van der Waals surface area contributed by atoms with E-state index in [2.05, 4.69) is 36.0 Å². The Hall–Kier alpha value is -4.07. The number of nitrogens with zero attached hydrogens (tertiary/aromatic N) is 2. The molecule has 1 aromatic heterocycles. The summed E-state index contributed by atoms with van der Waals surface area (Å²) in [6, 6.07) is 24.6. The lowest BCUT2D eigenvalue weighted by Gasteiger charge is -2.60. The molecule has 1 aliphatic carbocycles. The molecule has 2 heterocycles. The molecule has 4 aromatic rings. The number of H-pyrrole nitrogens is 1. The van der Waals surface area contributed by atoms with Gasteiger partial charge < -0.3 is 19.8 Å². The number of likely N-dealkylation sites (N-methyl/N-ethyl adjacent to an activating group) is 1. The number of nitrogens with one attached hydrogen (secondary N) is 1. The summed E-state index contributed by atoms with van der Waals surface area (Å²) in [5.74, 6) is -1.02. The zero-order valence-electron chi connectivity index (χ0n) is 22.4. The van der Waals surface area contributed by atoms with Gasteiger partial charge in [-0.2, -0.15) is 0 Å². The molecule has 6 rings (SSSR count). The Morgan fingerprint density at radius 2 is 1.56 bits per heavy atom. The number of para-hydroxylation sites is 1. The molecule has 0 amide bonds. The van der Waals surface area contributed by atoms with Gasteiger partial charge in [0.1, 0.15) is 5.75 Å². The van der Waals surface area contributed by atoms with E-state index in [1.165, 1.54) is 10.2 Å². The molecule has 1 fully saturated rings. The van der Waals surface area contributed by atoms with E-state index in [1.807, 2.05) is 55.6 Å². The molecule has 2 unspecified atom stereocenters. The third-order valence-corrected chi connectivity index (χ3v) is 8.41. The maximum atomic E-state index is 13.8. The topological polar surface area (TPSA) is 96.4 Å². The monoisotopic (exact) mass is 521 g/mol. The predicted molar refractivity (Wildman–Crippen MR) is 148 cm³/mol. The summed E-state index contributed by atoms with van der Waals surface area (Å²) < 4.78 is 6.66. The molecule has 0 spiro atoms. The van der Waals surface area contributed by atoms with Crippen molar-refractivity contribution in [3.63, 3.8) is 0 Å². The van der Waals surface area contributed by atoms with Crippen molar-refractivity contribution >= 4 is 5.69 Å². The zero-order valence-corrected chi connectivity index (χ0v) is 22.4. The molecule has 7 nitrogen and oxygen atoms in total. The Balaban J connectivity index is 1.40. The van der Waals surface area contributed by atoms with Gasteiger partial charge in [0, 0.05) is 29.4 Å².